The fourth-order valence-corrected chi connectivity index (χ4v) is 7.35. The van der Waals surface area contributed by atoms with Crippen LogP contribution in [-0.2, 0) is 24.7 Å². The normalized spacial score (nSPS) is 21.6. The van der Waals surface area contributed by atoms with Crippen molar-refractivity contribution >= 4 is 47.7 Å². The number of carbonyl (C=O) groups excluding carboxylic acids is 1. The monoisotopic (exact) mass is 452 g/mol. The van der Waals surface area contributed by atoms with Crippen molar-refractivity contribution in [1.29, 1.82) is 0 Å². The van der Waals surface area contributed by atoms with Crippen LogP contribution < -0.4 is 5.48 Å². The molecule has 30 heavy (non-hydrogen) atoms. The standard InChI is InChI=1S/C19H20N2O7S2/c1-19(2)17(18(22)20-23)21(9-10-29(19,24)25)30(26,27)12-7-8-16-14(11-12)13-5-3-4-6-15(13)28-16/h3-8,11,17,23H,9-10H2,1-2H3,(H,20,22)/t17-/m0/s1. The van der Waals surface area contributed by atoms with Crippen LogP contribution in [0.5, 0.6) is 0 Å². The third kappa shape index (κ3) is 2.92. The van der Waals surface area contributed by atoms with Gasteiger partial charge in [-0.05, 0) is 38.1 Å². The minimum atomic E-state index is -4.27. The fraction of sp³-hybridized carbons (Fsp3) is 0.316. The van der Waals surface area contributed by atoms with E-state index in [1.807, 2.05) is 0 Å². The van der Waals surface area contributed by atoms with Gasteiger partial charge in [-0.1, -0.05) is 18.2 Å². The van der Waals surface area contributed by atoms with Crippen molar-refractivity contribution in [1.82, 2.24) is 9.79 Å². The van der Waals surface area contributed by atoms with Gasteiger partial charge < -0.3 is 4.42 Å². The quantitative estimate of drug-likeness (QED) is 0.456. The lowest BCUT2D eigenvalue weighted by Gasteiger charge is -2.43. The molecule has 1 saturated heterocycles. The summed E-state index contributed by atoms with van der Waals surface area (Å²) in [6.45, 7) is 2.14. The van der Waals surface area contributed by atoms with E-state index in [0.717, 1.165) is 9.69 Å². The largest absolute Gasteiger partial charge is 0.456 e. The Labute approximate surface area is 173 Å². The molecular formula is C19H20N2O7S2. The van der Waals surface area contributed by atoms with Gasteiger partial charge in [0.15, 0.2) is 9.84 Å². The maximum atomic E-state index is 13.5. The predicted molar refractivity (Wildman–Crippen MR) is 109 cm³/mol. The molecule has 1 aliphatic rings. The summed E-state index contributed by atoms with van der Waals surface area (Å²) in [5.41, 5.74) is 2.51. The summed E-state index contributed by atoms with van der Waals surface area (Å²) in [6.07, 6.45) is 0. The number of hydrogen-bond donors (Lipinski definition) is 2. The van der Waals surface area contributed by atoms with Crippen molar-refractivity contribution in [2.75, 3.05) is 12.3 Å². The molecule has 0 bridgehead atoms. The Kier molecular flexibility index (Phi) is 4.69. The first-order valence-corrected chi connectivity index (χ1v) is 12.2. The molecule has 3 aromatic rings. The van der Waals surface area contributed by atoms with Crippen molar-refractivity contribution in [3.63, 3.8) is 0 Å². The number of rotatable bonds is 3. The molecule has 0 aliphatic carbocycles. The predicted octanol–water partition coefficient (Wildman–Crippen LogP) is 1.66. The van der Waals surface area contributed by atoms with Crippen LogP contribution in [-0.4, -0.2) is 55.3 Å². The number of sulfone groups is 1. The highest BCUT2D eigenvalue weighted by Gasteiger charge is 2.55. The van der Waals surface area contributed by atoms with Gasteiger partial charge in [-0.25, -0.2) is 22.3 Å². The van der Waals surface area contributed by atoms with E-state index in [-0.39, 0.29) is 4.90 Å². The summed E-state index contributed by atoms with van der Waals surface area (Å²) in [5, 5.41) is 10.5. The Balaban J connectivity index is 1.88. The van der Waals surface area contributed by atoms with Crippen molar-refractivity contribution in [3.05, 3.63) is 42.5 Å². The third-order valence-corrected chi connectivity index (χ3v) is 10.0. The molecule has 2 N–H and O–H groups in total. The lowest BCUT2D eigenvalue weighted by atomic mass is 10.0. The minimum Gasteiger partial charge on any atom is -0.456 e. The number of para-hydroxylation sites is 1. The number of nitrogens with zero attached hydrogens (tertiary/aromatic N) is 1. The number of furan rings is 1. The molecule has 0 radical (unpaired) electrons. The number of sulfonamides is 1. The molecule has 1 aromatic heterocycles. The van der Waals surface area contributed by atoms with Gasteiger partial charge >= 0.3 is 0 Å². The van der Waals surface area contributed by atoms with E-state index in [4.69, 9.17) is 9.62 Å². The van der Waals surface area contributed by atoms with Crippen LogP contribution in [0.15, 0.2) is 51.8 Å². The number of hydrogen-bond acceptors (Lipinski definition) is 7. The number of nitrogens with one attached hydrogen (secondary N) is 1. The second-order valence-electron chi connectivity index (χ2n) is 7.67. The van der Waals surface area contributed by atoms with Crippen molar-refractivity contribution in [3.8, 4) is 0 Å². The van der Waals surface area contributed by atoms with Gasteiger partial charge in [0.25, 0.3) is 5.91 Å². The van der Waals surface area contributed by atoms with Gasteiger partial charge in [0.05, 0.1) is 15.4 Å². The molecular weight excluding hydrogens is 432 g/mol. The summed E-state index contributed by atoms with van der Waals surface area (Å²) < 4.78 is 56.8. The van der Waals surface area contributed by atoms with Crippen LogP contribution in [0.3, 0.4) is 0 Å². The minimum absolute atomic E-state index is 0.104. The molecule has 1 aliphatic heterocycles. The Morgan fingerprint density at radius 3 is 2.53 bits per heavy atom. The molecule has 2 aromatic carbocycles. The summed E-state index contributed by atoms with van der Waals surface area (Å²) in [4.78, 5) is 12.3. The van der Waals surface area contributed by atoms with Crippen molar-refractivity contribution in [2.24, 2.45) is 0 Å². The van der Waals surface area contributed by atoms with Gasteiger partial charge in [-0.3, -0.25) is 10.0 Å². The van der Waals surface area contributed by atoms with E-state index in [1.54, 1.807) is 24.3 Å². The van der Waals surface area contributed by atoms with Crippen LogP contribution in [0.2, 0.25) is 0 Å². The lowest BCUT2D eigenvalue weighted by Crippen LogP contribution is -2.66. The van der Waals surface area contributed by atoms with Crippen LogP contribution in [0.4, 0.5) is 0 Å². The number of carbonyl (C=O) groups is 1. The molecule has 1 atom stereocenters. The second-order valence-corrected chi connectivity index (χ2v) is 12.3. The molecule has 11 heteroatoms. The number of benzene rings is 2. The zero-order chi connectivity index (χ0) is 21.9. The van der Waals surface area contributed by atoms with Gasteiger partial charge in [0.2, 0.25) is 10.0 Å². The molecule has 4 rings (SSSR count). The van der Waals surface area contributed by atoms with E-state index in [2.05, 4.69) is 0 Å². The first-order chi connectivity index (χ1) is 14.0. The average Bonchev–Trinajstić information content (AvgIpc) is 3.07. The number of hydroxylamine groups is 1. The van der Waals surface area contributed by atoms with E-state index < -0.39 is 48.9 Å². The number of amides is 1. The zero-order valence-electron chi connectivity index (χ0n) is 16.2. The highest BCUT2D eigenvalue weighted by Crippen LogP contribution is 2.36. The van der Waals surface area contributed by atoms with Crippen molar-refractivity contribution in [2.45, 2.75) is 29.5 Å². The lowest BCUT2D eigenvalue weighted by molar-refractivity contribution is -0.134. The zero-order valence-corrected chi connectivity index (χ0v) is 17.8. The SMILES string of the molecule is CC1(C)[C@H](C(=O)NO)N(S(=O)(=O)c2ccc3oc4ccccc4c3c2)CCS1(=O)=O. The molecule has 1 fully saturated rings. The van der Waals surface area contributed by atoms with Crippen LogP contribution >= 0.6 is 0 Å². The first kappa shape index (κ1) is 20.8. The summed E-state index contributed by atoms with van der Waals surface area (Å²) in [7, 11) is -8.06. The summed E-state index contributed by atoms with van der Waals surface area (Å²) >= 11 is 0. The topological polar surface area (TPSA) is 134 Å². The average molecular weight is 453 g/mol. The van der Waals surface area contributed by atoms with E-state index in [0.29, 0.717) is 16.6 Å². The smallest absolute Gasteiger partial charge is 0.263 e. The maximum absolute atomic E-state index is 13.5. The molecule has 160 valence electrons. The molecule has 2 heterocycles. The van der Waals surface area contributed by atoms with E-state index in [1.165, 1.54) is 37.5 Å². The van der Waals surface area contributed by atoms with Crippen LogP contribution in [0, 0.1) is 0 Å². The Bertz CT molecular complexity index is 1370. The maximum Gasteiger partial charge on any atom is 0.263 e. The summed E-state index contributed by atoms with van der Waals surface area (Å²) in [5.74, 6) is -1.55. The highest BCUT2D eigenvalue weighted by atomic mass is 32.2. The molecule has 0 spiro atoms. The van der Waals surface area contributed by atoms with Crippen LogP contribution in [0.1, 0.15) is 13.8 Å². The molecule has 1 amide bonds. The Hall–Kier alpha value is -2.47. The third-order valence-electron chi connectivity index (χ3n) is 5.64. The van der Waals surface area contributed by atoms with Gasteiger partial charge in [0.1, 0.15) is 17.2 Å². The van der Waals surface area contributed by atoms with Crippen molar-refractivity contribution < 1.29 is 31.3 Å². The Morgan fingerprint density at radius 2 is 1.83 bits per heavy atom. The van der Waals surface area contributed by atoms with Gasteiger partial charge in [-0.15, -0.1) is 0 Å². The molecule has 0 unspecified atom stereocenters. The van der Waals surface area contributed by atoms with E-state index in [9.17, 15) is 21.6 Å². The Morgan fingerprint density at radius 1 is 1.17 bits per heavy atom. The van der Waals surface area contributed by atoms with Gasteiger partial charge in [0, 0.05) is 17.3 Å². The van der Waals surface area contributed by atoms with Gasteiger partial charge in [-0.2, -0.15) is 4.31 Å². The molecule has 9 nitrogen and oxygen atoms in total. The number of fused-ring (bicyclic) bond motifs is 3. The summed E-state index contributed by atoms with van der Waals surface area (Å²) in [6, 6.07) is 9.86. The fourth-order valence-electron chi connectivity index (χ4n) is 3.89. The highest BCUT2D eigenvalue weighted by molar-refractivity contribution is 7.93. The van der Waals surface area contributed by atoms with Crippen LogP contribution in [0.25, 0.3) is 21.9 Å². The first-order valence-electron chi connectivity index (χ1n) is 9.10. The van der Waals surface area contributed by atoms with E-state index >= 15 is 0 Å². The molecule has 0 saturated carbocycles. The second kappa shape index (κ2) is 6.77.